The molecule has 3 rings (SSSR count). The van der Waals surface area contributed by atoms with Gasteiger partial charge in [-0.05, 0) is 57.5 Å². The highest BCUT2D eigenvalue weighted by molar-refractivity contribution is 7.92. The monoisotopic (exact) mass is 583 g/mol. The van der Waals surface area contributed by atoms with Gasteiger partial charge in [0.05, 0.1) is 17.2 Å². The van der Waals surface area contributed by atoms with E-state index in [1.54, 1.807) is 56.3 Å². The highest BCUT2D eigenvalue weighted by Crippen LogP contribution is 2.33. The standard InChI is InChI=1S/C31H38FN3O5S/c1-5-7-20-33-31(37)24(4)34(21-25-12-8-9-13-27(25)32)30(36)22-35(28-14-10-11-15-29(28)40-6-2)41(38,39)26-18-16-23(3)17-19-26/h8-19,24H,5-7,20-22H2,1-4H3,(H,33,37). The number of nitrogens with one attached hydrogen (secondary N) is 1. The Morgan fingerprint density at radius 1 is 0.976 bits per heavy atom. The number of aryl methyl sites for hydroxylation is 1. The summed E-state index contributed by atoms with van der Waals surface area (Å²) in [6.07, 6.45) is 1.63. The van der Waals surface area contributed by atoms with Crippen LogP contribution in [0.5, 0.6) is 5.75 Å². The van der Waals surface area contributed by atoms with Gasteiger partial charge in [-0.1, -0.05) is 61.4 Å². The van der Waals surface area contributed by atoms with E-state index < -0.39 is 40.2 Å². The summed E-state index contributed by atoms with van der Waals surface area (Å²) < 4.78 is 49.4. The molecule has 0 heterocycles. The van der Waals surface area contributed by atoms with Crippen LogP contribution in [-0.2, 0) is 26.2 Å². The van der Waals surface area contributed by atoms with Gasteiger partial charge in [-0.2, -0.15) is 0 Å². The predicted octanol–water partition coefficient (Wildman–Crippen LogP) is 5.06. The smallest absolute Gasteiger partial charge is 0.264 e. The van der Waals surface area contributed by atoms with Crippen molar-refractivity contribution in [3.05, 3.63) is 89.7 Å². The first kappa shape index (κ1) is 31.6. The Kier molecular flexibility index (Phi) is 11.3. The lowest BCUT2D eigenvalue weighted by atomic mass is 10.1. The van der Waals surface area contributed by atoms with Gasteiger partial charge in [-0.15, -0.1) is 0 Å². The average Bonchev–Trinajstić information content (AvgIpc) is 2.96. The van der Waals surface area contributed by atoms with Crippen LogP contribution >= 0.6 is 0 Å². The van der Waals surface area contributed by atoms with E-state index in [4.69, 9.17) is 4.74 Å². The second-order valence-corrected chi connectivity index (χ2v) is 11.5. The van der Waals surface area contributed by atoms with Crippen LogP contribution in [0.15, 0.2) is 77.7 Å². The Labute approximate surface area is 242 Å². The molecule has 2 amide bonds. The molecular formula is C31H38FN3O5S. The Hall–Kier alpha value is -3.92. The van der Waals surface area contributed by atoms with Gasteiger partial charge in [-0.25, -0.2) is 12.8 Å². The summed E-state index contributed by atoms with van der Waals surface area (Å²) in [7, 11) is -4.25. The molecule has 0 fully saturated rings. The van der Waals surface area contributed by atoms with Crippen molar-refractivity contribution in [2.24, 2.45) is 0 Å². The van der Waals surface area contributed by atoms with Crippen LogP contribution < -0.4 is 14.4 Å². The Morgan fingerprint density at radius 3 is 2.29 bits per heavy atom. The molecule has 0 saturated heterocycles. The number of carbonyl (C=O) groups excluding carboxylic acids is 2. The highest BCUT2D eigenvalue weighted by Gasteiger charge is 2.34. The molecule has 0 aliphatic carbocycles. The van der Waals surface area contributed by atoms with Crippen molar-refractivity contribution in [1.29, 1.82) is 0 Å². The molecule has 0 aliphatic rings. The van der Waals surface area contributed by atoms with Crippen LogP contribution in [0.2, 0.25) is 0 Å². The lowest BCUT2D eigenvalue weighted by Gasteiger charge is -2.32. The zero-order chi connectivity index (χ0) is 30.0. The van der Waals surface area contributed by atoms with Crippen molar-refractivity contribution in [3.8, 4) is 5.75 Å². The minimum absolute atomic E-state index is 0.00628. The van der Waals surface area contributed by atoms with Gasteiger partial charge in [0.25, 0.3) is 10.0 Å². The van der Waals surface area contributed by atoms with E-state index >= 15 is 0 Å². The van der Waals surface area contributed by atoms with E-state index in [0.29, 0.717) is 6.54 Å². The Bertz CT molecular complexity index is 1430. The number of sulfonamides is 1. The van der Waals surface area contributed by atoms with Crippen molar-refractivity contribution in [2.75, 3.05) is 24.0 Å². The third-order valence-electron chi connectivity index (χ3n) is 6.62. The third-order valence-corrected chi connectivity index (χ3v) is 8.39. The van der Waals surface area contributed by atoms with Crippen LogP contribution in [0.4, 0.5) is 10.1 Å². The molecule has 0 radical (unpaired) electrons. The number of benzene rings is 3. The lowest BCUT2D eigenvalue weighted by Crippen LogP contribution is -2.51. The number of ether oxygens (including phenoxy) is 1. The molecular weight excluding hydrogens is 545 g/mol. The van der Waals surface area contributed by atoms with Crippen LogP contribution in [-0.4, -0.2) is 50.9 Å². The van der Waals surface area contributed by atoms with Gasteiger partial charge in [0.1, 0.15) is 24.2 Å². The summed E-state index contributed by atoms with van der Waals surface area (Å²) in [4.78, 5) is 28.2. The fourth-order valence-corrected chi connectivity index (χ4v) is 5.65. The number of hydrogen-bond donors (Lipinski definition) is 1. The lowest BCUT2D eigenvalue weighted by molar-refractivity contribution is -0.139. The van der Waals surface area contributed by atoms with Gasteiger partial charge in [0.15, 0.2) is 0 Å². The van der Waals surface area contributed by atoms with Gasteiger partial charge in [0, 0.05) is 18.7 Å². The number of carbonyl (C=O) groups is 2. The number of para-hydroxylation sites is 2. The Balaban J connectivity index is 2.06. The minimum Gasteiger partial charge on any atom is -0.492 e. The van der Waals surface area contributed by atoms with E-state index in [0.717, 1.165) is 22.7 Å². The van der Waals surface area contributed by atoms with Gasteiger partial charge in [-0.3, -0.25) is 13.9 Å². The molecule has 0 bridgehead atoms. The van der Waals surface area contributed by atoms with E-state index in [9.17, 15) is 22.4 Å². The largest absolute Gasteiger partial charge is 0.492 e. The zero-order valence-corrected chi connectivity index (χ0v) is 24.8. The predicted molar refractivity (Wildman–Crippen MR) is 158 cm³/mol. The van der Waals surface area contributed by atoms with E-state index in [1.807, 2.05) is 13.8 Å². The van der Waals surface area contributed by atoms with Gasteiger partial charge >= 0.3 is 0 Å². The minimum atomic E-state index is -4.25. The maximum absolute atomic E-state index is 14.7. The second kappa shape index (κ2) is 14.6. The quantitative estimate of drug-likeness (QED) is 0.268. The van der Waals surface area contributed by atoms with Crippen LogP contribution in [0.3, 0.4) is 0 Å². The summed E-state index contributed by atoms with van der Waals surface area (Å²) in [6, 6.07) is 17.8. The molecule has 3 aromatic carbocycles. The topological polar surface area (TPSA) is 96.0 Å². The summed E-state index contributed by atoms with van der Waals surface area (Å²) in [6.45, 7) is 7.00. The maximum Gasteiger partial charge on any atom is 0.264 e. The highest BCUT2D eigenvalue weighted by atomic mass is 32.2. The summed E-state index contributed by atoms with van der Waals surface area (Å²) in [5.41, 5.74) is 1.26. The van der Waals surface area contributed by atoms with E-state index in [-0.39, 0.29) is 35.0 Å². The molecule has 220 valence electrons. The van der Waals surface area contributed by atoms with Gasteiger partial charge < -0.3 is 15.0 Å². The molecule has 1 unspecified atom stereocenters. The van der Waals surface area contributed by atoms with Crippen LogP contribution in [0.1, 0.15) is 44.7 Å². The van der Waals surface area contributed by atoms with Crippen molar-refractivity contribution in [2.45, 2.75) is 58.0 Å². The number of hydrogen-bond acceptors (Lipinski definition) is 5. The molecule has 10 heteroatoms. The van der Waals surface area contributed by atoms with Gasteiger partial charge in [0.2, 0.25) is 11.8 Å². The molecule has 0 aliphatic heterocycles. The molecule has 8 nitrogen and oxygen atoms in total. The first-order valence-corrected chi connectivity index (χ1v) is 15.2. The third kappa shape index (κ3) is 8.07. The zero-order valence-electron chi connectivity index (χ0n) is 24.0. The van der Waals surface area contributed by atoms with E-state index in [2.05, 4.69) is 5.32 Å². The van der Waals surface area contributed by atoms with Crippen molar-refractivity contribution >= 4 is 27.5 Å². The summed E-state index contributed by atoms with van der Waals surface area (Å²) in [5.74, 6) is -1.33. The number of anilines is 1. The number of halogens is 1. The first-order valence-electron chi connectivity index (χ1n) is 13.7. The maximum atomic E-state index is 14.7. The number of amides is 2. The summed E-state index contributed by atoms with van der Waals surface area (Å²) in [5, 5.41) is 2.81. The normalized spacial score (nSPS) is 11.9. The fraction of sp³-hybridized carbons (Fsp3) is 0.355. The van der Waals surface area contributed by atoms with E-state index in [1.165, 1.54) is 35.2 Å². The molecule has 0 saturated carbocycles. The van der Waals surface area contributed by atoms with Crippen LogP contribution in [0.25, 0.3) is 0 Å². The molecule has 1 N–H and O–H groups in total. The van der Waals surface area contributed by atoms with Crippen molar-refractivity contribution in [1.82, 2.24) is 10.2 Å². The van der Waals surface area contributed by atoms with Crippen molar-refractivity contribution in [3.63, 3.8) is 0 Å². The second-order valence-electron chi connectivity index (χ2n) is 9.66. The molecule has 0 spiro atoms. The molecule has 3 aromatic rings. The van der Waals surface area contributed by atoms with Crippen LogP contribution in [0, 0.1) is 12.7 Å². The number of rotatable bonds is 14. The Morgan fingerprint density at radius 2 is 1.63 bits per heavy atom. The fourth-order valence-electron chi connectivity index (χ4n) is 4.22. The number of unbranched alkanes of at least 4 members (excludes halogenated alkanes) is 1. The first-order chi connectivity index (χ1) is 19.6. The average molecular weight is 584 g/mol. The summed E-state index contributed by atoms with van der Waals surface area (Å²) >= 11 is 0. The van der Waals surface area contributed by atoms with Crippen molar-refractivity contribution < 1.29 is 27.1 Å². The molecule has 41 heavy (non-hydrogen) atoms. The number of nitrogens with zero attached hydrogens (tertiary/aromatic N) is 2. The SMILES string of the molecule is CCCCNC(=O)C(C)N(Cc1ccccc1F)C(=O)CN(c1ccccc1OCC)S(=O)(=O)c1ccc(C)cc1. The molecule has 0 aromatic heterocycles. The molecule has 1 atom stereocenters.